The van der Waals surface area contributed by atoms with Crippen LogP contribution < -0.4 is 0 Å². The van der Waals surface area contributed by atoms with Gasteiger partial charge in [-0.25, -0.2) is 0 Å². The van der Waals surface area contributed by atoms with Gasteiger partial charge in [0.2, 0.25) is 0 Å². The van der Waals surface area contributed by atoms with Crippen LogP contribution in [0.3, 0.4) is 0 Å². The largest absolute Gasteiger partial charge is 0.392 e. The van der Waals surface area contributed by atoms with Gasteiger partial charge in [0, 0.05) is 17.5 Å². The molecule has 0 aliphatic heterocycles. The third-order valence-corrected chi connectivity index (χ3v) is 4.70. The second kappa shape index (κ2) is 7.53. The summed E-state index contributed by atoms with van der Waals surface area (Å²) in [6.07, 6.45) is 4.71. The van der Waals surface area contributed by atoms with E-state index in [1.807, 2.05) is 11.8 Å². The number of aliphatic hydroxyl groups is 1. The molecular weight excluding hydrogens is 206 g/mol. The predicted octanol–water partition coefficient (Wildman–Crippen LogP) is 2.36. The highest BCUT2D eigenvalue weighted by Gasteiger charge is 2.22. The molecule has 0 bridgehead atoms. The van der Waals surface area contributed by atoms with E-state index in [-0.39, 0.29) is 6.10 Å². The average Bonchev–Trinajstić information content (AvgIpc) is 2.27. The smallest absolute Gasteiger partial charge is 0.0658 e. The molecular formula is C12H25NOS. The topological polar surface area (TPSA) is 23.5 Å². The quantitative estimate of drug-likeness (QED) is 0.759. The Hall–Kier alpha value is 0.270. The number of nitrogens with zero attached hydrogens (tertiary/aromatic N) is 1. The van der Waals surface area contributed by atoms with Gasteiger partial charge in [0.05, 0.1) is 6.10 Å². The van der Waals surface area contributed by atoms with Crippen LogP contribution in [-0.4, -0.2) is 46.7 Å². The van der Waals surface area contributed by atoms with Crippen LogP contribution in [0.2, 0.25) is 0 Å². The van der Waals surface area contributed by atoms with Crippen LogP contribution in [-0.2, 0) is 0 Å². The minimum Gasteiger partial charge on any atom is -0.392 e. The first-order chi connectivity index (χ1) is 7.27. The first kappa shape index (κ1) is 13.3. The van der Waals surface area contributed by atoms with Gasteiger partial charge in [-0.15, -0.1) is 0 Å². The van der Waals surface area contributed by atoms with Gasteiger partial charge < -0.3 is 10.0 Å². The Labute approximate surface area is 98.4 Å². The van der Waals surface area contributed by atoms with E-state index >= 15 is 0 Å². The Bertz CT molecular complexity index is 162. The van der Waals surface area contributed by atoms with Crippen molar-refractivity contribution in [3.8, 4) is 0 Å². The summed E-state index contributed by atoms with van der Waals surface area (Å²) in [4.78, 5) is 2.45. The molecule has 0 spiro atoms. The number of thioether (sulfide) groups is 1. The standard InChI is InChI=1S/C12H25NOS/c1-3-13(4-2)9-10-15-12-8-6-5-7-11(12)14/h11-12,14H,3-10H2,1-2H3/t11-,12-/m0/s1. The van der Waals surface area contributed by atoms with E-state index in [4.69, 9.17) is 0 Å². The van der Waals surface area contributed by atoms with Crippen LogP contribution in [0.1, 0.15) is 39.5 Å². The molecule has 0 radical (unpaired) electrons. The van der Waals surface area contributed by atoms with Gasteiger partial charge in [-0.1, -0.05) is 26.7 Å². The summed E-state index contributed by atoms with van der Waals surface area (Å²) >= 11 is 1.97. The van der Waals surface area contributed by atoms with Crippen LogP contribution in [0.15, 0.2) is 0 Å². The highest BCUT2D eigenvalue weighted by molar-refractivity contribution is 7.99. The van der Waals surface area contributed by atoms with Crippen molar-refractivity contribution >= 4 is 11.8 Å². The molecule has 15 heavy (non-hydrogen) atoms. The maximum absolute atomic E-state index is 9.81. The van der Waals surface area contributed by atoms with Crippen molar-refractivity contribution in [2.45, 2.75) is 50.9 Å². The minimum atomic E-state index is -0.0412. The summed E-state index contributed by atoms with van der Waals surface area (Å²) in [7, 11) is 0. The van der Waals surface area contributed by atoms with E-state index in [0.717, 1.165) is 19.5 Å². The van der Waals surface area contributed by atoms with Gasteiger partial charge in [0.25, 0.3) is 0 Å². The monoisotopic (exact) mass is 231 g/mol. The molecule has 0 amide bonds. The zero-order chi connectivity index (χ0) is 11.1. The second-order valence-electron chi connectivity index (χ2n) is 4.29. The maximum atomic E-state index is 9.81. The lowest BCUT2D eigenvalue weighted by Crippen LogP contribution is -2.30. The molecule has 0 aromatic heterocycles. The molecule has 1 N–H and O–H groups in total. The summed E-state index contributed by atoms with van der Waals surface area (Å²) in [5.74, 6) is 1.17. The summed E-state index contributed by atoms with van der Waals surface area (Å²) < 4.78 is 0. The van der Waals surface area contributed by atoms with Gasteiger partial charge in [-0.05, 0) is 25.9 Å². The Morgan fingerprint density at radius 3 is 2.47 bits per heavy atom. The van der Waals surface area contributed by atoms with Crippen LogP contribution in [0.5, 0.6) is 0 Å². The highest BCUT2D eigenvalue weighted by atomic mass is 32.2. The molecule has 0 heterocycles. The molecule has 0 unspecified atom stereocenters. The first-order valence-electron chi connectivity index (χ1n) is 6.30. The fourth-order valence-corrected chi connectivity index (χ4v) is 3.50. The molecule has 1 aliphatic rings. The fraction of sp³-hybridized carbons (Fsp3) is 1.00. The van der Waals surface area contributed by atoms with E-state index in [1.54, 1.807) is 0 Å². The molecule has 1 rings (SSSR count). The van der Waals surface area contributed by atoms with Crippen LogP contribution in [0.4, 0.5) is 0 Å². The van der Waals surface area contributed by atoms with E-state index in [9.17, 15) is 5.11 Å². The number of hydrogen-bond acceptors (Lipinski definition) is 3. The fourth-order valence-electron chi connectivity index (χ4n) is 2.14. The van der Waals surface area contributed by atoms with E-state index in [1.165, 1.54) is 31.6 Å². The first-order valence-corrected chi connectivity index (χ1v) is 7.34. The lowest BCUT2D eigenvalue weighted by atomic mass is 9.97. The number of rotatable bonds is 6. The Morgan fingerprint density at radius 2 is 1.87 bits per heavy atom. The van der Waals surface area contributed by atoms with E-state index < -0.39 is 0 Å². The summed E-state index contributed by atoms with van der Waals surface area (Å²) in [6.45, 7) is 7.88. The number of aliphatic hydroxyl groups excluding tert-OH is 1. The summed E-state index contributed by atoms with van der Waals surface area (Å²) in [6, 6.07) is 0. The summed E-state index contributed by atoms with van der Waals surface area (Å²) in [5.41, 5.74) is 0. The Morgan fingerprint density at radius 1 is 1.20 bits per heavy atom. The average molecular weight is 231 g/mol. The van der Waals surface area contributed by atoms with Crippen molar-refractivity contribution in [2.75, 3.05) is 25.4 Å². The van der Waals surface area contributed by atoms with E-state index in [2.05, 4.69) is 18.7 Å². The van der Waals surface area contributed by atoms with Gasteiger partial charge >= 0.3 is 0 Å². The van der Waals surface area contributed by atoms with Crippen molar-refractivity contribution in [1.29, 1.82) is 0 Å². The number of hydrogen-bond donors (Lipinski definition) is 1. The second-order valence-corrected chi connectivity index (χ2v) is 5.64. The van der Waals surface area contributed by atoms with Crippen LogP contribution >= 0.6 is 11.8 Å². The third kappa shape index (κ3) is 4.75. The van der Waals surface area contributed by atoms with Gasteiger partial charge in [0.1, 0.15) is 0 Å². The molecule has 2 nitrogen and oxygen atoms in total. The highest BCUT2D eigenvalue weighted by Crippen LogP contribution is 2.28. The molecule has 0 aromatic rings. The molecule has 2 atom stereocenters. The molecule has 3 heteroatoms. The van der Waals surface area contributed by atoms with Crippen molar-refractivity contribution in [2.24, 2.45) is 0 Å². The maximum Gasteiger partial charge on any atom is 0.0658 e. The zero-order valence-electron chi connectivity index (χ0n) is 10.1. The molecule has 1 fully saturated rings. The third-order valence-electron chi connectivity index (χ3n) is 3.30. The molecule has 90 valence electrons. The SMILES string of the molecule is CCN(CC)CCS[C@H]1CCCC[C@@H]1O. The van der Waals surface area contributed by atoms with Crippen molar-refractivity contribution < 1.29 is 5.11 Å². The van der Waals surface area contributed by atoms with Gasteiger partial charge in [0.15, 0.2) is 0 Å². The van der Waals surface area contributed by atoms with Gasteiger partial charge in [-0.2, -0.15) is 11.8 Å². The van der Waals surface area contributed by atoms with Crippen LogP contribution in [0.25, 0.3) is 0 Å². The lowest BCUT2D eigenvalue weighted by Gasteiger charge is -2.28. The van der Waals surface area contributed by atoms with E-state index in [0.29, 0.717) is 5.25 Å². The van der Waals surface area contributed by atoms with Crippen molar-refractivity contribution in [3.05, 3.63) is 0 Å². The Balaban J connectivity index is 2.12. The molecule has 1 saturated carbocycles. The molecule has 1 aliphatic carbocycles. The summed E-state index contributed by atoms with van der Waals surface area (Å²) in [5, 5.41) is 10.3. The van der Waals surface area contributed by atoms with Crippen LogP contribution in [0, 0.1) is 0 Å². The lowest BCUT2D eigenvalue weighted by molar-refractivity contribution is 0.137. The van der Waals surface area contributed by atoms with Crippen molar-refractivity contribution in [1.82, 2.24) is 4.90 Å². The minimum absolute atomic E-state index is 0.0412. The normalized spacial score (nSPS) is 27.2. The molecule has 0 aromatic carbocycles. The predicted molar refractivity (Wildman–Crippen MR) is 68.5 cm³/mol. The Kier molecular flexibility index (Phi) is 6.69. The molecule has 0 saturated heterocycles. The zero-order valence-corrected chi connectivity index (χ0v) is 10.9. The van der Waals surface area contributed by atoms with Crippen molar-refractivity contribution in [3.63, 3.8) is 0 Å². The van der Waals surface area contributed by atoms with Gasteiger partial charge in [-0.3, -0.25) is 0 Å².